The Kier molecular flexibility index (Phi) is 4.94. The van der Waals surface area contributed by atoms with Gasteiger partial charge in [-0.3, -0.25) is 4.79 Å². The van der Waals surface area contributed by atoms with E-state index in [9.17, 15) is 9.59 Å². The molecule has 94 valence electrons. The number of benzene rings is 1. The number of terminal acetylenes is 1. The van der Waals surface area contributed by atoms with Gasteiger partial charge in [-0.15, -0.1) is 6.42 Å². The standard InChI is InChI=1S/C14H15NO3/c1-4-8-15-13(16)9-18-14(17)12-7-5-6-10(2)11(12)3/h1,5-7H,8-9H2,2-3H3,(H,15,16). The summed E-state index contributed by atoms with van der Waals surface area (Å²) < 4.78 is 4.90. The van der Waals surface area contributed by atoms with Gasteiger partial charge in [0.05, 0.1) is 12.1 Å². The van der Waals surface area contributed by atoms with E-state index in [2.05, 4.69) is 11.2 Å². The zero-order valence-corrected chi connectivity index (χ0v) is 10.4. The highest BCUT2D eigenvalue weighted by Gasteiger charge is 2.12. The van der Waals surface area contributed by atoms with Crippen molar-refractivity contribution < 1.29 is 14.3 Å². The van der Waals surface area contributed by atoms with E-state index in [1.54, 1.807) is 12.1 Å². The maximum absolute atomic E-state index is 11.8. The van der Waals surface area contributed by atoms with Crippen molar-refractivity contribution in [2.24, 2.45) is 0 Å². The molecule has 0 saturated carbocycles. The number of amides is 1. The first-order valence-electron chi connectivity index (χ1n) is 5.49. The molecule has 1 N–H and O–H groups in total. The molecule has 0 spiro atoms. The first kappa shape index (κ1) is 13.8. The Hall–Kier alpha value is -2.28. The molecule has 0 aromatic heterocycles. The fourth-order valence-electron chi connectivity index (χ4n) is 1.38. The van der Waals surface area contributed by atoms with E-state index < -0.39 is 11.9 Å². The van der Waals surface area contributed by atoms with Gasteiger partial charge in [0.25, 0.3) is 5.91 Å². The molecule has 0 radical (unpaired) electrons. The van der Waals surface area contributed by atoms with Crippen LogP contribution in [0.15, 0.2) is 18.2 Å². The lowest BCUT2D eigenvalue weighted by Crippen LogP contribution is -2.29. The summed E-state index contributed by atoms with van der Waals surface area (Å²) >= 11 is 0. The molecule has 1 aromatic carbocycles. The molecule has 0 aliphatic carbocycles. The van der Waals surface area contributed by atoms with E-state index in [1.807, 2.05) is 19.9 Å². The quantitative estimate of drug-likeness (QED) is 0.640. The van der Waals surface area contributed by atoms with Crippen LogP contribution in [0.4, 0.5) is 0 Å². The summed E-state index contributed by atoms with van der Waals surface area (Å²) in [5, 5.41) is 2.41. The molecule has 1 amide bonds. The zero-order valence-electron chi connectivity index (χ0n) is 10.4. The van der Waals surface area contributed by atoms with Crippen LogP contribution < -0.4 is 5.32 Å². The van der Waals surface area contributed by atoms with Crippen molar-refractivity contribution in [1.29, 1.82) is 0 Å². The average Bonchev–Trinajstić information content (AvgIpc) is 2.36. The Morgan fingerprint density at radius 1 is 1.39 bits per heavy atom. The minimum absolute atomic E-state index is 0.125. The van der Waals surface area contributed by atoms with Gasteiger partial charge in [0.1, 0.15) is 0 Å². The molecule has 0 saturated heterocycles. The number of nitrogens with one attached hydrogen (secondary N) is 1. The van der Waals surface area contributed by atoms with Gasteiger partial charge in [0.2, 0.25) is 0 Å². The molecule has 4 nitrogen and oxygen atoms in total. The van der Waals surface area contributed by atoms with Gasteiger partial charge in [-0.1, -0.05) is 18.1 Å². The molecule has 18 heavy (non-hydrogen) atoms. The number of esters is 1. The van der Waals surface area contributed by atoms with Crippen LogP contribution in [-0.4, -0.2) is 25.0 Å². The van der Waals surface area contributed by atoms with E-state index in [1.165, 1.54) is 0 Å². The SMILES string of the molecule is C#CCNC(=O)COC(=O)c1cccc(C)c1C. The Bertz CT molecular complexity index is 500. The minimum Gasteiger partial charge on any atom is -0.452 e. The summed E-state index contributed by atoms with van der Waals surface area (Å²) in [6, 6.07) is 5.35. The zero-order chi connectivity index (χ0) is 13.5. The van der Waals surface area contributed by atoms with Gasteiger partial charge < -0.3 is 10.1 Å². The number of ether oxygens (including phenoxy) is 1. The minimum atomic E-state index is -0.507. The van der Waals surface area contributed by atoms with Crippen molar-refractivity contribution in [2.75, 3.05) is 13.2 Å². The van der Waals surface area contributed by atoms with Crippen molar-refractivity contribution in [1.82, 2.24) is 5.32 Å². The van der Waals surface area contributed by atoms with Crippen LogP contribution >= 0.6 is 0 Å². The second-order valence-electron chi connectivity index (χ2n) is 3.80. The van der Waals surface area contributed by atoms with Crippen molar-refractivity contribution in [3.63, 3.8) is 0 Å². The summed E-state index contributed by atoms with van der Waals surface area (Å²) in [7, 11) is 0. The molecular formula is C14H15NO3. The Morgan fingerprint density at radius 3 is 2.78 bits per heavy atom. The molecule has 0 heterocycles. The monoisotopic (exact) mass is 245 g/mol. The van der Waals surface area contributed by atoms with Crippen LogP contribution in [0.1, 0.15) is 21.5 Å². The van der Waals surface area contributed by atoms with Gasteiger partial charge >= 0.3 is 5.97 Å². The predicted molar refractivity (Wildman–Crippen MR) is 68.0 cm³/mol. The van der Waals surface area contributed by atoms with Gasteiger partial charge in [0.15, 0.2) is 6.61 Å². The Morgan fingerprint density at radius 2 is 2.11 bits per heavy atom. The topological polar surface area (TPSA) is 55.4 Å². The molecule has 0 fully saturated rings. The molecule has 0 atom stereocenters. The van der Waals surface area contributed by atoms with E-state index in [0.717, 1.165) is 11.1 Å². The Balaban J connectivity index is 2.59. The van der Waals surface area contributed by atoms with E-state index in [-0.39, 0.29) is 13.2 Å². The molecule has 0 unspecified atom stereocenters. The summed E-state index contributed by atoms with van der Waals surface area (Å²) in [6.07, 6.45) is 4.99. The number of hydrogen-bond acceptors (Lipinski definition) is 3. The van der Waals surface area contributed by atoms with Crippen LogP contribution in [0.2, 0.25) is 0 Å². The third kappa shape index (κ3) is 3.63. The van der Waals surface area contributed by atoms with Crippen LogP contribution in [0, 0.1) is 26.2 Å². The van der Waals surface area contributed by atoms with Crippen LogP contribution in [0.3, 0.4) is 0 Å². The molecule has 0 bridgehead atoms. The van der Waals surface area contributed by atoms with E-state index in [0.29, 0.717) is 5.56 Å². The van der Waals surface area contributed by atoms with Crippen molar-refractivity contribution in [2.45, 2.75) is 13.8 Å². The highest BCUT2D eigenvalue weighted by atomic mass is 16.5. The maximum Gasteiger partial charge on any atom is 0.338 e. The van der Waals surface area contributed by atoms with Crippen LogP contribution in [0.25, 0.3) is 0 Å². The number of carbonyl (C=O) groups excluding carboxylic acids is 2. The highest BCUT2D eigenvalue weighted by Crippen LogP contribution is 2.13. The largest absolute Gasteiger partial charge is 0.452 e. The van der Waals surface area contributed by atoms with Crippen molar-refractivity contribution in [3.8, 4) is 12.3 Å². The lowest BCUT2D eigenvalue weighted by molar-refractivity contribution is -0.123. The second kappa shape index (κ2) is 6.45. The van der Waals surface area contributed by atoms with Gasteiger partial charge in [-0.2, -0.15) is 0 Å². The Labute approximate surface area is 106 Å². The number of rotatable bonds is 4. The molecule has 0 aliphatic heterocycles. The van der Waals surface area contributed by atoms with Gasteiger partial charge in [0, 0.05) is 0 Å². The average molecular weight is 245 g/mol. The van der Waals surface area contributed by atoms with Gasteiger partial charge in [-0.25, -0.2) is 4.79 Å². The molecule has 4 heteroatoms. The summed E-state index contributed by atoms with van der Waals surface area (Å²) in [4.78, 5) is 23.0. The second-order valence-corrected chi connectivity index (χ2v) is 3.80. The third-order valence-electron chi connectivity index (χ3n) is 2.55. The highest BCUT2D eigenvalue weighted by molar-refractivity contribution is 5.93. The molecule has 1 aromatic rings. The van der Waals surface area contributed by atoms with E-state index >= 15 is 0 Å². The smallest absolute Gasteiger partial charge is 0.338 e. The fraction of sp³-hybridized carbons (Fsp3) is 0.286. The van der Waals surface area contributed by atoms with Crippen LogP contribution in [0.5, 0.6) is 0 Å². The van der Waals surface area contributed by atoms with Gasteiger partial charge in [-0.05, 0) is 31.0 Å². The molecule has 0 aliphatic rings. The predicted octanol–water partition coefficient (Wildman–Crippen LogP) is 1.21. The fourth-order valence-corrected chi connectivity index (χ4v) is 1.38. The number of carbonyl (C=O) groups is 2. The molecule has 1 rings (SSSR count). The first-order chi connectivity index (χ1) is 8.56. The first-order valence-corrected chi connectivity index (χ1v) is 5.49. The molecular weight excluding hydrogens is 230 g/mol. The van der Waals surface area contributed by atoms with E-state index in [4.69, 9.17) is 11.2 Å². The number of aryl methyl sites for hydroxylation is 1. The third-order valence-corrected chi connectivity index (χ3v) is 2.55. The number of hydrogen-bond donors (Lipinski definition) is 1. The normalized spacial score (nSPS) is 9.39. The lowest BCUT2D eigenvalue weighted by atomic mass is 10.0. The lowest BCUT2D eigenvalue weighted by Gasteiger charge is -2.08. The van der Waals surface area contributed by atoms with Crippen molar-refractivity contribution in [3.05, 3.63) is 34.9 Å². The maximum atomic E-state index is 11.8. The van der Waals surface area contributed by atoms with Crippen molar-refractivity contribution >= 4 is 11.9 Å². The summed E-state index contributed by atoms with van der Waals surface area (Å²) in [5.41, 5.74) is 2.33. The summed E-state index contributed by atoms with van der Waals surface area (Å²) in [5.74, 6) is 1.34. The van der Waals surface area contributed by atoms with Crippen LogP contribution in [-0.2, 0) is 9.53 Å². The summed E-state index contributed by atoms with van der Waals surface area (Å²) in [6.45, 7) is 3.55.